The van der Waals surface area contributed by atoms with Gasteiger partial charge >= 0.3 is 5.97 Å². The number of benzene rings is 1. The molecule has 1 rings (SSSR count). The van der Waals surface area contributed by atoms with E-state index in [1.165, 1.54) is 12.5 Å². The van der Waals surface area contributed by atoms with E-state index < -0.39 is 12.3 Å². The Kier molecular flexibility index (Phi) is 7.90. The molecule has 18 heavy (non-hydrogen) atoms. The number of carbonyl (C=O) groups excluding carboxylic acids is 1. The van der Waals surface area contributed by atoms with Crippen molar-refractivity contribution in [2.45, 2.75) is 13.2 Å². The second-order valence-electron chi connectivity index (χ2n) is 3.43. The largest absolute Gasteiger partial charge is 0.429 e. The molecule has 3 heteroatoms. The van der Waals surface area contributed by atoms with Crippen LogP contribution < -0.4 is 0 Å². The van der Waals surface area contributed by atoms with Gasteiger partial charge in [-0.3, -0.25) is 0 Å². The third-order valence-electron chi connectivity index (χ3n) is 1.81. The van der Waals surface area contributed by atoms with Crippen molar-refractivity contribution in [2.75, 3.05) is 0 Å². The normalized spacial score (nSPS) is 10.3. The molecule has 0 spiro atoms. The Bertz CT molecular complexity index is 407. The summed E-state index contributed by atoms with van der Waals surface area (Å²) in [5.41, 5.74) is 1.42. The lowest BCUT2D eigenvalue weighted by Crippen LogP contribution is -2.14. The maximum Gasteiger partial charge on any atom is 0.335 e. The van der Waals surface area contributed by atoms with Crippen LogP contribution in [0.1, 0.15) is 12.5 Å². The van der Waals surface area contributed by atoms with Crippen molar-refractivity contribution < 1.29 is 14.6 Å². The number of aliphatic hydroxyl groups excluding tert-OH is 1. The minimum atomic E-state index is -1.23. The van der Waals surface area contributed by atoms with Crippen molar-refractivity contribution in [3.05, 3.63) is 67.3 Å². The predicted octanol–water partition coefficient (Wildman–Crippen LogP) is 2.94. The SMILES string of the molecule is C=CC(O)OC(=O)C(=C)C.C=Cc1ccccc1. The lowest BCUT2D eigenvalue weighted by Gasteiger charge is -2.05. The molecule has 0 fully saturated rings. The highest BCUT2D eigenvalue weighted by atomic mass is 16.6. The molecule has 0 aromatic heterocycles. The van der Waals surface area contributed by atoms with Gasteiger partial charge in [0.25, 0.3) is 0 Å². The van der Waals surface area contributed by atoms with Gasteiger partial charge in [0.15, 0.2) is 0 Å². The zero-order valence-corrected chi connectivity index (χ0v) is 10.5. The number of hydrogen-bond acceptors (Lipinski definition) is 3. The van der Waals surface area contributed by atoms with Crippen molar-refractivity contribution in [1.29, 1.82) is 0 Å². The number of rotatable bonds is 4. The first-order valence-electron chi connectivity index (χ1n) is 5.35. The number of esters is 1. The Hall–Kier alpha value is -2.13. The smallest absolute Gasteiger partial charge is 0.335 e. The summed E-state index contributed by atoms with van der Waals surface area (Å²) in [6.07, 6.45) is 1.71. The van der Waals surface area contributed by atoms with Gasteiger partial charge in [-0.2, -0.15) is 0 Å². The highest BCUT2D eigenvalue weighted by molar-refractivity contribution is 5.87. The molecule has 0 bridgehead atoms. The molecule has 1 aromatic rings. The first-order valence-corrected chi connectivity index (χ1v) is 5.35. The minimum absolute atomic E-state index is 0.251. The van der Waals surface area contributed by atoms with Crippen LogP contribution in [-0.2, 0) is 9.53 Å². The molecule has 0 saturated carbocycles. The summed E-state index contributed by atoms with van der Waals surface area (Å²) in [5.74, 6) is -0.618. The van der Waals surface area contributed by atoms with Crippen molar-refractivity contribution >= 4 is 12.0 Å². The fourth-order valence-corrected chi connectivity index (χ4v) is 0.847. The molecule has 1 atom stereocenters. The summed E-state index contributed by atoms with van der Waals surface area (Å²) in [4.78, 5) is 10.6. The van der Waals surface area contributed by atoms with Crippen molar-refractivity contribution in [3.63, 3.8) is 0 Å². The number of aliphatic hydroxyl groups is 1. The van der Waals surface area contributed by atoms with Gasteiger partial charge < -0.3 is 9.84 Å². The molecule has 0 aliphatic carbocycles. The van der Waals surface area contributed by atoms with E-state index in [1.807, 2.05) is 36.4 Å². The molecule has 1 N–H and O–H groups in total. The van der Waals surface area contributed by atoms with Crippen LogP contribution in [-0.4, -0.2) is 17.4 Å². The molecule has 0 saturated heterocycles. The van der Waals surface area contributed by atoms with Crippen LogP contribution in [0.25, 0.3) is 6.08 Å². The maximum absolute atomic E-state index is 10.6. The van der Waals surface area contributed by atoms with E-state index in [2.05, 4.69) is 24.5 Å². The van der Waals surface area contributed by atoms with Crippen molar-refractivity contribution in [3.8, 4) is 0 Å². The Morgan fingerprint density at radius 2 is 1.89 bits per heavy atom. The zero-order chi connectivity index (χ0) is 14.0. The first-order chi connectivity index (χ1) is 8.51. The van der Waals surface area contributed by atoms with Gasteiger partial charge in [0.05, 0.1) is 0 Å². The zero-order valence-electron chi connectivity index (χ0n) is 10.5. The lowest BCUT2D eigenvalue weighted by atomic mass is 10.2. The summed E-state index contributed by atoms with van der Waals surface area (Å²) in [6.45, 7) is 11.7. The minimum Gasteiger partial charge on any atom is -0.429 e. The van der Waals surface area contributed by atoms with Gasteiger partial charge in [-0.1, -0.05) is 56.1 Å². The fraction of sp³-hybridized carbons (Fsp3) is 0.133. The molecule has 0 radical (unpaired) electrons. The quantitative estimate of drug-likeness (QED) is 0.384. The Morgan fingerprint density at radius 3 is 2.22 bits per heavy atom. The van der Waals surface area contributed by atoms with E-state index in [0.29, 0.717) is 0 Å². The van der Waals surface area contributed by atoms with Gasteiger partial charge in [-0.25, -0.2) is 4.79 Å². The van der Waals surface area contributed by atoms with E-state index in [1.54, 1.807) is 0 Å². The molecular formula is C15H18O3. The molecule has 0 heterocycles. The standard InChI is InChI=1S/C8H8.C7H10O3/c1-2-8-6-4-3-5-7-8;1-4-6(8)10-7(9)5(2)3/h2-7H,1H2;4,6,8H,1-2H2,3H3. The summed E-state index contributed by atoms with van der Waals surface area (Å²) < 4.78 is 4.36. The van der Waals surface area contributed by atoms with Crippen LogP contribution in [0.15, 0.2) is 61.7 Å². The monoisotopic (exact) mass is 246 g/mol. The molecule has 1 unspecified atom stereocenters. The first kappa shape index (κ1) is 15.9. The van der Waals surface area contributed by atoms with E-state index in [9.17, 15) is 4.79 Å². The predicted molar refractivity (Wildman–Crippen MR) is 73.6 cm³/mol. The Morgan fingerprint density at radius 1 is 1.33 bits per heavy atom. The van der Waals surface area contributed by atoms with Gasteiger partial charge in [-0.05, 0) is 18.6 Å². The summed E-state index contributed by atoms with van der Waals surface area (Å²) in [6, 6.07) is 10.0. The topological polar surface area (TPSA) is 46.5 Å². The van der Waals surface area contributed by atoms with Gasteiger partial charge in [-0.15, -0.1) is 0 Å². The van der Waals surface area contributed by atoms with E-state index in [-0.39, 0.29) is 5.57 Å². The third-order valence-corrected chi connectivity index (χ3v) is 1.81. The summed E-state index contributed by atoms with van der Waals surface area (Å²) in [5, 5.41) is 8.68. The fourth-order valence-electron chi connectivity index (χ4n) is 0.847. The molecular weight excluding hydrogens is 228 g/mol. The lowest BCUT2D eigenvalue weighted by molar-refractivity contribution is -0.155. The van der Waals surface area contributed by atoms with Crippen molar-refractivity contribution in [1.82, 2.24) is 0 Å². The summed E-state index contributed by atoms with van der Waals surface area (Å²) >= 11 is 0. The van der Waals surface area contributed by atoms with Crippen LogP contribution in [0.4, 0.5) is 0 Å². The Labute approximate surface area is 108 Å². The van der Waals surface area contributed by atoms with E-state index in [0.717, 1.165) is 6.08 Å². The highest BCUT2D eigenvalue weighted by Crippen LogP contribution is 1.97. The number of ether oxygens (including phenoxy) is 1. The highest BCUT2D eigenvalue weighted by Gasteiger charge is 2.06. The second kappa shape index (κ2) is 8.96. The van der Waals surface area contributed by atoms with Gasteiger partial charge in [0.2, 0.25) is 6.29 Å². The second-order valence-corrected chi connectivity index (χ2v) is 3.43. The van der Waals surface area contributed by atoms with Crippen LogP contribution >= 0.6 is 0 Å². The van der Waals surface area contributed by atoms with E-state index in [4.69, 9.17) is 5.11 Å². The van der Waals surface area contributed by atoms with Crippen LogP contribution in [0.5, 0.6) is 0 Å². The number of carbonyl (C=O) groups is 1. The maximum atomic E-state index is 10.6. The Balaban J connectivity index is 0.000000327. The van der Waals surface area contributed by atoms with Crippen LogP contribution in [0, 0.1) is 0 Å². The molecule has 1 aromatic carbocycles. The van der Waals surface area contributed by atoms with Crippen LogP contribution in [0.3, 0.4) is 0 Å². The molecule has 0 aliphatic rings. The van der Waals surface area contributed by atoms with Gasteiger partial charge in [0, 0.05) is 5.57 Å². The average Bonchev–Trinajstić information content (AvgIpc) is 2.40. The van der Waals surface area contributed by atoms with Gasteiger partial charge in [0.1, 0.15) is 0 Å². The molecule has 96 valence electrons. The average molecular weight is 246 g/mol. The summed E-state index contributed by atoms with van der Waals surface area (Å²) in [7, 11) is 0. The molecule has 0 aliphatic heterocycles. The number of hydrogen-bond donors (Lipinski definition) is 1. The molecule has 0 amide bonds. The van der Waals surface area contributed by atoms with Crippen LogP contribution in [0.2, 0.25) is 0 Å². The third kappa shape index (κ3) is 7.19. The van der Waals surface area contributed by atoms with Crippen molar-refractivity contribution in [2.24, 2.45) is 0 Å². The molecule has 3 nitrogen and oxygen atoms in total. The van der Waals surface area contributed by atoms with E-state index >= 15 is 0 Å².